The summed E-state index contributed by atoms with van der Waals surface area (Å²) in [7, 11) is 0. The quantitative estimate of drug-likeness (QED) is 0.447. The molecule has 1 aliphatic rings. The van der Waals surface area contributed by atoms with Crippen molar-refractivity contribution in [1.29, 1.82) is 0 Å². The maximum atomic E-state index is 11.1. The molecule has 10 heteroatoms. The van der Waals surface area contributed by atoms with Gasteiger partial charge in [0.05, 0.1) is 5.48 Å². The first-order valence-electron chi connectivity index (χ1n) is 9.01. The van der Waals surface area contributed by atoms with E-state index in [2.05, 4.69) is 15.1 Å². The highest BCUT2D eigenvalue weighted by molar-refractivity contribution is 6.29. The van der Waals surface area contributed by atoms with E-state index < -0.39 is 24.0 Å². The molecule has 0 unspecified atom stereocenters. The van der Waals surface area contributed by atoms with Crippen LogP contribution in [0.3, 0.4) is 0 Å². The number of guanidine groups is 1. The van der Waals surface area contributed by atoms with Crippen LogP contribution in [0.4, 0.5) is 0 Å². The third kappa shape index (κ3) is 4.55. The van der Waals surface area contributed by atoms with Gasteiger partial charge in [-0.3, -0.25) is 0 Å². The molecular weight excluding hydrogens is 367 g/mol. The van der Waals surface area contributed by atoms with Crippen LogP contribution in [0.5, 0.6) is 0 Å². The van der Waals surface area contributed by atoms with Crippen LogP contribution < -0.4 is 0 Å². The summed E-state index contributed by atoms with van der Waals surface area (Å²) in [5.41, 5.74) is 0.945. The minimum Gasteiger partial charge on any atom is -0.331 e. The molecular formula is C15H14Cl2N6O2. The number of halogens is 2. The summed E-state index contributed by atoms with van der Waals surface area (Å²) in [6.45, 7) is -5.69. The highest BCUT2D eigenvalue weighted by Crippen LogP contribution is 2.17. The predicted molar refractivity (Wildman–Crippen MR) is 93.7 cm³/mol. The molecule has 0 bridgehead atoms. The Morgan fingerprint density at radius 2 is 1.56 bits per heavy atom. The van der Waals surface area contributed by atoms with E-state index in [-0.39, 0.29) is 23.4 Å². The van der Waals surface area contributed by atoms with Crippen LogP contribution in [-0.2, 0) is 13.1 Å². The number of nitro groups is 1. The number of rotatable bonds is 5. The van der Waals surface area contributed by atoms with Gasteiger partial charge < -0.3 is 9.80 Å². The molecule has 0 atom stereocenters. The first-order valence-corrected chi connectivity index (χ1v) is 7.77. The second-order valence-electron chi connectivity index (χ2n) is 5.01. The van der Waals surface area contributed by atoms with Gasteiger partial charge in [-0.25, -0.2) is 20.1 Å². The number of hydrazone groups is 1. The van der Waals surface area contributed by atoms with E-state index in [0.29, 0.717) is 11.1 Å². The average molecular weight is 385 g/mol. The van der Waals surface area contributed by atoms with Crippen molar-refractivity contribution in [1.82, 2.24) is 19.8 Å². The molecule has 1 aliphatic heterocycles. The summed E-state index contributed by atoms with van der Waals surface area (Å²) in [6.07, 6.45) is 2.76. The Balaban J connectivity index is 2.03. The number of hydrogen-bond acceptors (Lipinski definition) is 4. The van der Waals surface area contributed by atoms with Crippen molar-refractivity contribution < 1.29 is 10.5 Å². The lowest BCUT2D eigenvalue weighted by Gasteiger charge is -2.20. The standard InChI is InChI=1S/C15H14Cl2N6O2/c16-13-3-1-11(7-18-13)9-21-5-6-22(15(21)20-23(24)25)10-12-2-4-14(17)19-8-12/h1-4,7-8H,5-6,9-10H2/i5D2,6D2. The smallest absolute Gasteiger partial charge is 0.274 e. The van der Waals surface area contributed by atoms with E-state index in [1.807, 2.05) is 0 Å². The second-order valence-corrected chi connectivity index (χ2v) is 5.79. The molecule has 2 aromatic heterocycles. The molecule has 1 fully saturated rings. The summed E-state index contributed by atoms with van der Waals surface area (Å²) in [5.74, 6) is -0.463. The Bertz CT molecular complexity index is 875. The van der Waals surface area contributed by atoms with Crippen LogP contribution in [-0.4, -0.2) is 43.8 Å². The molecule has 1 saturated heterocycles. The zero-order valence-corrected chi connectivity index (χ0v) is 14.1. The Labute approximate surface area is 159 Å². The maximum absolute atomic E-state index is 11.1. The van der Waals surface area contributed by atoms with Crippen molar-refractivity contribution in [2.75, 3.05) is 13.0 Å². The molecule has 0 aromatic carbocycles. The van der Waals surface area contributed by atoms with Crippen molar-refractivity contribution in [3.8, 4) is 0 Å². The van der Waals surface area contributed by atoms with E-state index in [1.165, 1.54) is 24.5 Å². The van der Waals surface area contributed by atoms with Gasteiger partial charge in [-0.05, 0) is 23.3 Å². The van der Waals surface area contributed by atoms with E-state index in [1.54, 1.807) is 12.1 Å². The zero-order valence-electron chi connectivity index (χ0n) is 16.6. The second kappa shape index (κ2) is 7.62. The van der Waals surface area contributed by atoms with E-state index in [4.69, 9.17) is 28.7 Å². The van der Waals surface area contributed by atoms with Gasteiger partial charge >= 0.3 is 0 Å². The van der Waals surface area contributed by atoms with Gasteiger partial charge in [-0.15, -0.1) is 0 Å². The van der Waals surface area contributed by atoms with Gasteiger partial charge in [0.25, 0.3) is 5.96 Å². The Kier molecular flexibility index (Phi) is 3.92. The molecule has 3 heterocycles. The van der Waals surface area contributed by atoms with Crippen molar-refractivity contribution in [3.63, 3.8) is 0 Å². The SMILES string of the molecule is [2H]C1([2H])N(Cc2ccc(Cl)nc2)C(=N[N+](=O)[O-])N(Cc2ccc(Cl)nc2)C1([2H])[2H]. The average Bonchev–Trinajstić information content (AvgIpc) is 2.77. The largest absolute Gasteiger partial charge is 0.331 e. The summed E-state index contributed by atoms with van der Waals surface area (Å²) in [4.78, 5) is 20.7. The van der Waals surface area contributed by atoms with Crippen LogP contribution in [0.2, 0.25) is 10.3 Å². The number of nitrogens with zero attached hydrogens (tertiary/aromatic N) is 6. The van der Waals surface area contributed by atoms with Crippen LogP contribution in [0.1, 0.15) is 16.6 Å². The fraction of sp³-hybridized carbons (Fsp3) is 0.267. The van der Waals surface area contributed by atoms with Crippen molar-refractivity contribution in [3.05, 3.63) is 68.2 Å². The minimum atomic E-state index is -2.64. The number of aromatic nitrogens is 2. The topological polar surface area (TPSA) is 87.8 Å². The van der Waals surface area contributed by atoms with Gasteiger partial charge in [0, 0.05) is 38.5 Å². The highest BCUT2D eigenvalue weighted by atomic mass is 35.5. The summed E-state index contributed by atoms with van der Waals surface area (Å²) in [5, 5.41) is 13.9. The van der Waals surface area contributed by atoms with Crippen molar-refractivity contribution in [2.24, 2.45) is 5.10 Å². The zero-order chi connectivity index (χ0) is 21.4. The van der Waals surface area contributed by atoms with Crippen LogP contribution in [0.25, 0.3) is 0 Å². The summed E-state index contributed by atoms with van der Waals surface area (Å²) >= 11 is 11.5. The fourth-order valence-corrected chi connectivity index (χ4v) is 2.36. The normalized spacial score (nSPS) is 20.5. The van der Waals surface area contributed by atoms with Crippen molar-refractivity contribution in [2.45, 2.75) is 13.1 Å². The van der Waals surface area contributed by atoms with E-state index in [9.17, 15) is 10.1 Å². The molecule has 25 heavy (non-hydrogen) atoms. The lowest BCUT2D eigenvalue weighted by molar-refractivity contribution is -0.486. The molecule has 2 aromatic rings. The fourth-order valence-electron chi connectivity index (χ4n) is 2.13. The van der Waals surface area contributed by atoms with Crippen LogP contribution in [0.15, 0.2) is 41.8 Å². The molecule has 8 nitrogen and oxygen atoms in total. The molecule has 0 amide bonds. The lowest BCUT2D eigenvalue weighted by atomic mass is 10.2. The molecule has 0 saturated carbocycles. The van der Waals surface area contributed by atoms with Gasteiger partial charge in [0.15, 0.2) is 5.03 Å². The predicted octanol–water partition coefficient (Wildman–Crippen LogP) is 2.65. The van der Waals surface area contributed by atoms with E-state index >= 15 is 0 Å². The van der Waals surface area contributed by atoms with Gasteiger partial charge in [-0.1, -0.05) is 35.3 Å². The monoisotopic (exact) mass is 384 g/mol. The van der Waals surface area contributed by atoms with Gasteiger partial charge in [0.1, 0.15) is 15.4 Å². The maximum Gasteiger partial charge on any atom is 0.274 e. The Hall–Kier alpha value is -2.45. The van der Waals surface area contributed by atoms with Crippen LogP contribution >= 0.6 is 23.2 Å². The molecule has 0 spiro atoms. The first kappa shape index (κ1) is 12.8. The highest BCUT2D eigenvalue weighted by Gasteiger charge is 2.29. The molecule has 0 radical (unpaired) electrons. The van der Waals surface area contributed by atoms with Crippen LogP contribution in [0, 0.1) is 10.1 Å². The lowest BCUT2D eigenvalue weighted by Crippen LogP contribution is -2.34. The third-order valence-electron chi connectivity index (χ3n) is 3.23. The van der Waals surface area contributed by atoms with E-state index in [0.717, 1.165) is 9.80 Å². The molecule has 0 aliphatic carbocycles. The summed E-state index contributed by atoms with van der Waals surface area (Å²) < 4.78 is 33.3. The molecule has 0 N–H and O–H groups in total. The number of hydrogen-bond donors (Lipinski definition) is 0. The van der Waals surface area contributed by atoms with Crippen molar-refractivity contribution >= 4 is 29.2 Å². The van der Waals surface area contributed by atoms with Gasteiger partial charge in [0.2, 0.25) is 0 Å². The molecule has 130 valence electrons. The summed E-state index contributed by atoms with van der Waals surface area (Å²) in [6, 6.07) is 6.10. The minimum absolute atomic E-state index is 0.210. The Morgan fingerprint density at radius 3 is 1.92 bits per heavy atom. The number of pyridine rings is 2. The van der Waals surface area contributed by atoms with Gasteiger partial charge in [-0.2, -0.15) is 0 Å². The Morgan fingerprint density at radius 1 is 1.08 bits per heavy atom. The molecule has 3 rings (SSSR count). The third-order valence-corrected chi connectivity index (χ3v) is 3.68. The first-order chi connectivity index (χ1) is 13.5.